The monoisotopic (exact) mass is 318 g/mol. The zero-order chi connectivity index (χ0) is 17.1. The SMILES string of the molecule is CCCN(c1ccncc1)n1cccn1.O=C(O)/C=C/C(=O)O. The number of hydrogen-bond donors (Lipinski definition) is 2. The number of carboxylic acid groups (broad SMARTS) is 2. The first-order chi connectivity index (χ1) is 11.0. The molecule has 2 aromatic heterocycles. The third-order valence-corrected chi connectivity index (χ3v) is 2.50. The van der Waals surface area contributed by atoms with Gasteiger partial charge in [-0.25, -0.2) is 9.59 Å². The van der Waals surface area contributed by atoms with Crippen LogP contribution in [-0.2, 0) is 9.59 Å². The molecule has 122 valence electrons. The summed E-state index contributed by atoms with van der Waals surface area (Å²) in [4.78, 5) is 25.0. The van der Waals surface area contributed by atoms with Gasteiger partial charge in [0.05, 0.1) is 11.9 Å². The minimum Gasteiger partial charge on any atom is -0.478 e. The van der Waals surface area contributed by atoms with Crippen molar-refractivity contribution < 1.29 is 19.8 Å². The van der Waals surface area contributed by atoms with Crippen LogP contribution in [0.5, 0.6) is 0 Å². The Balaban J connectivity index is 0.000000284. The standard InChI is InChI=1S/C11H14N4.C4H4O4/c1-2-9-14(15-10-3-6-13-15)11-4-7-12-8-5-11;5-3(6)1-2-4(7)8/h3-8,10H,2,9H2,1H3;1-2H,(H,5,6)(H,7,8)/b;2-1+. The molecule has 0 aliphatic heterocycles. The van der Waals surface area contributed by atoms with Gasteiger partial charge in [0.15, 0.2) is 0 Å². The number of hydrogen-bond acceptors (Lipinski definition) is 5. The van der Waals surface area contributed by atoms with E-state index < -0.39 is 11.9 Å². The van der Waals surface area contributed by atoms with Crippen molar-refractivity contribution in [3.8, 4) is 0 Å². The molecule has 0 unspecified atom stereocenters. The molecular weight excluding hydrogens is 300 g/mol. The number of anilines is 1. The van der Waals surface area contributed by atoms with Crippen molar-refractivity contribution in [2.45, 2.75) is 13.3 Å². The van der Waals surface area contributed by atoms with Gasteiger partial charge in [-0.3, -0.25) is 9.99 Å². The Morgan fingerprint density at radius 3 is 2.22 bits per heavy atom. The van der Waals surface area contributed by atoms with E-state index in [9.17, 15) is 9.59 Å². The van der Waals surface area contributed by atoms with Gasteiger partial charge in [-0.15, -0.1) is 0 Å². The minimum absolute atomic E-state index is 0.558. The van der Waals surface area contributed by atoms with Crippen LogP contribution in [0.4, 0.5) is 5.69 Å². The second-order valence-corrected chi connectivity index (χ2v) is 4.26. The highest BCUT2D eigenvalue weighted by molar-refractivity contribution is 5.89. The molecule has 0 saturated heterocycles. The van der Waals surface area contributed by atoms with E-state index in [1.807, 2.05) is 29.2 Å². The molecule has 0 fully saturated rings. The molecule has 2 N–H and O–H groups in total. The lowest BCUT2D eigenvalue weighted by atomic mass is 10.3. The van der Waals surface area contributed by atoms with Gasteiger partial charge in [-0.05, 0) is 24.6 Å². The quantitative estimate of drug-likeness (QED) is 0.780. The van der Waals surface area contributed by atoms with E-state index >= 15 is 0 Å². The minimum atomic E-state index is -1.26. The highest BCUT2D eigenvalue weighted by Crippen LogP contribution is 2.12. The summed E-state index contributed by atoms with van der Waals surface area (Å²) >= 11 is 0. The van der Waals surface area contributed by atoms with E-state index in [1.165, 1.54) is 0 Å². The van der Waals surface area contributed by atoms with Crippen LogP contribution < -0.4 is 5.01 Å². The predicted octanol–water partition coefficient (Wildman–Crippen LogP) is 1.67. The first-order valence-electron chi connectivity index (χ1n) is 6.86. The topological polar surface area (TPSA) is 109 Å². The van der Waals surface area contributed by atoms with Gasteiger partial charge >= 0.3 is 11.9 Å². The van der Waals surface area contributed by atoms with Crippen molar-refractivity contribution in [2.24, 2.45) is 0 Å². The second-order valence-electron chi connectivity index (χ2n) is 4.26. The van der Waals surface area contributed by atoms with E-state index in [2.05, 4.69) is 22.0 Å². The predicted molar refractivity (Wildman–Crippen MR) is 83.9 cm³/mol. The number of carboxylic acids is 2. The molecule has 0 aliphatic carbocycles. The summed E-state index contributed by atoms with van der Waals surface area (Å²) in [5, 5.41) is 22.0. The Labute approximate surface area is 133 Å². The molecular formula is C15H18N4O4. The number of pyridine rings is 1. The van der Waals surface area contributed by atoms with Crippen LogP contribution in [0.25, 0.3) is 0 Å². The summed E-state index contributed by atoms with van der Waals surface area (Å²) in [6.07, 6.45) is 9.50. The maximum absolute atomic E-state index is 9.55. The first kappa shape index (κ1) is 17.9. The smallest absolute Gasteiger partial charge is 0.328 e. The molecule has 2 heterocycles. The molecule has 23 heavy (non-hydrogen) atoms. The van der Waals surface area contributed by atoms with Crippen LogP contribution in [0.3, 0.4) is 0 Å². The number of carbonyl (C=O) groups is 2. The van der Waals surface area contributed by atoms with Crippen molar-refractivity contribution >= 4 is 17.6 Å². The Kier molecular flexibility index (Phi) is 7.56. The van der Waals surface area contributed by atoms with Crippen LogP contribution >= 0.6 is 0 Å². The van der Waals surface area contributed by atoms with Crippen molar-refractivity contribution in [3.05, 3.63) is 55.1 Å². The molecule has 0 amide bonds. The van der Waals surface area contributed by atoms with Crippen molar-refractivity contribution in [1.29, 1.82) is 0 Å². The molecule has 0 aliphatic rings. The Hall–Kier alpha value is -3.16. The van der Waals surface area contributed by atoms with E-state index in [0.29, 0.717) is 12.2 Å². The second kappa shape index (κ2) is 9.72. The fourth-order valence-electron chi connectivity index (χ4n) is 1.62. The van der Waals surface area contributed by atoms with Gasteiger partial charge in [0.1, 0.15) is 0 Å². The van der Waals surface area contributed by atoms with Crippen LogP contribution in [0.15, 0.2) is 55.1 Å². The zero-order valence-corrected chi connectivity index (χ0v) is 12.6. The third-order valence-electron chi connectivity index (χ3n) is 2.50. The fourth-order valence-corrected chi connectivity index (χ4v) is 1.62. The molecule has 2 rings (SSSR count). The summed E-state index contributed by atoms with van der Waals surface area (Å²) < 4.78 is 0. The third kappa shape index (κ3) is 6.89. The number of aliphatic carboxylic acids is 2. The molecule has 0 atom stereocenters. The molecule has 0 spiro atoms. The average molecular weight is 318 g/mol. The van der Waals surface area contributed by atoms with Crippen LogP contribution in [0.1, 0.15) is 13.3 Å². The number of aromatic nitrogens is 3. The Bertz CT molecular complexity index is 610. The van der Waals surface area contributed by atoms with Crippen LogP contribution in [-0.4, -0.2) is 43.6 Å². The van der Waals surface area contributed by atoms with Gasteiger partial charge in [0, 0.05) is 37.3 Å². The highest BCUT2D eigenvalue weighted by Gasteiger charge is 2.06. The lowest BCUT2D eigenvalue weighted by molar-refractivity contribution is -0.134. The average Bonchev–Trinajstić information content (AvgIpc) is 3.06. The van der Waals surface area contributed by atoms with Gasteiger partial charge < -0.3 is 10.2 Å². The lowest BCUT2D eigenvalue weighted by Crippen LogP contribution is -2.30. The molecule has 0 radical (unpaired) electrons. The van der Waals surface area contributed by atoms with E-state index in [0.717, 1.165) is 18.7 Å². The molecule has 8 heteroatoms. The van der Waals surface area contributed by atoms with Crippen molar-refractivity contribution in [2.75, 3.05) is 11.6 Å². The molecule has 2 aromatic rings. The highest BCUT2D eigenvalue weighted by atomic mass is 16.4. The lowest BCUT2D eigenvalue weighted by Gasteiger charge is -2.23. The normalized spacial score (nSPS) is 9.96. The first-order valence-corrected chi connectivity index (χ1v) is 6.86. The van der Waals surface area contributed by atoms with Crippen molar-refractivity contribution in [1.82, 2.24) is 14.9 Å². The summed E-state index contributed by atoms with van der Waals surface area (Å²) in [6, 6.07) is 5.89. The van der Waals surface area contributed by atoms with Crippen molar-refractivity contribution in [3.63, 3.8) is 0 Å². The molecule has 0 saturated carbocycles. The molecule has 8 nitrogen and oxygen atoms in total. The summed E-state index contributed by atoms with van der Waals surface area (Å²) in [6.45, 7) is 3.09. The molecule has 0 aromatic carbocycles. The van der Waals surface area contributed by atoms with E-state index in [-0.39, 0.29) is 0 Å². The van der Waals surface area contributed by atoms with Crippen LogP contribution in [0.2, 0.25) is 0 Å². The van der Waals surface area contributed by atoms with Gasteiger partial charge in [-0.1, -0.05) is 6.92 Å². The summed E-state index contributed by atoms with van der Waals surface area (Å²) in [5.74, 6) is -2.51. The number of rotatable bonds is 6. The fraction of sp³-hybridized carbons (Fsp3) is 0.200. The maximum atomic E-state index is 9.55. The van der Waals surface area contributed by atoms with Gasteiger partial charge in [0.2, 0.25) is 0 Å². The zero-order valence-electron chi connectivity index (χ0n) is 12.6. The van der Waals surface area contributed by atoms with Gasteiger partial charge in [0.25, 0.3) is 0 Å². The van der Waals surface area contributed by atoms with Gasteiger partial charge in [-0.2, -0.15) is 9.89 Å². The summed E-state index contributed by atoms with van der Waals surface area (Å²) in [7, 11) is 0. The molecule has 0 bridgehead atoms. The summed E-state index contributed by atoms with van der Waals surface area (Å²) in [5.41, 5.74) is 1.11. The Morgan fingerprint density at radius 1 is 1.17 bits per heavy atom. The van der Waals surface area contributed by atoms with Crippen LogP contribution in [0, 0.1) is 0 Å². The van der Waals surface area contributed by atoms with E-state index in [4.69, 9.17) is 10.2 Å². The largest absolute Gasteiger partial charge is 0.478 e. The maximum Gasteiger partial charge on any atom is 0.328 e. The Morgan fingerprint density at radius 2 is 1.78 bits per heavy atom. The van der Waals surface area contributed by atoms with E-state index in [1.54, 1.807) is 18.6 Å². The number of nitrogens with zero attached hydrogens (tertiary/aromatic N) is 4.